The van der Waals surface area contributed by atoms with Crippen LogP contribution >= 0.6 is 15.9 Å². The SMILES string of the molecule is CN(C(=O)Cc1ccccc1Br)c1c(-c2ccncc2)c(-c2ccc(F)cc2)nn1C. The lowest BCUT2D eigenvalue weighted by Crippen LogP contribution is -2.30. The number of nitrogens with zero attached hydrogens (tertiary/aromatic N) is 4. The molecule has 2 aromatic carbocycles. The minimum atomic E-state index is -0.314. The smallest absolute Gasteiger partial charge is 0.232 e. The van der Waals surface area contributed by atoms with E-state index in [1.165, 1.54) is 12.1 Å². The quantitative estimate of drug-likeness (QED) is 0.393. The maximum Gasteiger partial charge on any atom is 0.232 e. The van der Waals surface area contributed by atoms with Crippen LogP contribution in [0.1, 0.15) is 5.56 Å². The molecule has 4 aromatic rings. The van der Waals surface area contributed by atoms with E-state index in [2.05, 4.69) is 26.0 Å². The van der Waals surface area contributed by atoms with E-state index in [0.717, 1.165) is 26.7 Å². The molecule has 0 aliphatic heterocycles. The fourth-order valence-electron chi connectivity index (χ4n) is 3.54. The first-order chi connectivity index (χ1) is 15.0. The summed E-state index contributed by atoms with van der Waals surface area (Å²) >= 11 is 3.51. The van der Waals surface area contributed by atoms with Gasteiger partial charge in [0, 0.05) is 36.5 Å². The van der Waals surface area contributed by atoms with E-state index < -0.39 is 0 Å². The number of carbonyl (C=O) groups is 1. The van der Waals surface area contributed by atoms with Gasteiger partial charge < -0.3 is 0 Å². The maximum atomic E-state index is 13.5. The van der Waals surface area contributed by atoms with Crippen molar-refractivity contribution in [3.63, 3.8) is 0 Å². The molecule has 0 spiro atoms. The highest BCUT2D eigenvalue weighted by molar-refractivity contribution is 9.10. The number of halogens is 2. The summed E-state index contributed by atoms with van der Waals surface area (Å²) in [4.78, 5) is 18.9. The van der Waals surface area contributed by atoms with Crippen molar-refractivity contribution in [1.82, 2.24) is 14.8 Å². The van der Waals surface area contributed by atoms with Crippen LogP contribution in [0.25, 0.3) is 22.4 Å². The molecule has 4 rings (SSSR count). The summed E-state index contributed by atoms with van der Waals surface area (Å²) in [6.45, 7) is 0. The number of benzene rings is 2. The Morgan fingerprint density at radius 2 is 1.71 bits per heavy atom. The van der Waals surface area contributed by atoms with Crippen molar-refractivity contribution in [3.8, 4) is 22.4 Å². The van der Waals surface area contributed by atoms with Crippen molar-refractivity contribution >= 4 is 27.7 Å². The van der Waals surface area contributed by atoms with E-state index in [9.17, 15) is 9.18 Å². The molecule has 0 radical (unpaired) electrons. The topological polar surface area (TPSA) is 51.0 Å². The summed E-state index contributed by atoms with van der Waals surface area (Å²) in [5.41, 5.74) is 4.01. The highest BCUT2D eigenvalue weighted by atomic mass is 79.9. The average Bonchev–Trinajstić information content (AvgIpc) is 3.12. The van der Waals surface area contributed by atoms with Crippen LogP contribution in [0.3, 0.4) is 0 Å². The Morgan fingerprint density at radius 1 is 1.03 bits per heavy atom. The van der Waals surface area contributed by atoms with Crippen molar-refractivity contribution in [2.75, 3.05) is 11.9 Å². The van der Waals surface area contributed by atoms with Gasteiger partial charge >= 0.3 is 0 Å². The van der Waals surface area contributed by atoms with Crippen molar-refractivity contribution in [2.45, 2.75) is 6.42 Å². The van der Waals surface area contributed by atoms with Gasteiger partial charge in [0.2, 0.25) is 5.91 Å². The molecule has 0 atom stereocenters. The normalized spacial score (nSPS) is 10.8. The fourth-order valence-corrected chi connectivity index (χ4v) is 3.96. The maximum absolute atomic E-state index is 13.5. The Kier molecular flexibility index (Phi) is 5.95. The lowest BCUT2D eigenvalue weighted by Gasteiger charge is -2.20. The molecular formula is C24H20BrFN4O. The lowest BCUT2D eigenvalue weighted by atomic mass is 10.0. The van der Waals surface area contributed by atoms with Gasteiger partial charge in [-0.05, 0) is 53.6 Å². The summed E-state index contributed by atoms with van der Waals surface area (Å²) in [5, 5.41) is 4.69. The molecule has 31 heavy (non-hydrogen) atoms. The third kappa shape index (κ3) is 4.27. The molecule has 0 bridgehead atoms. The average molecular weight is 479 g/mol. The summed E-state index contributed by atoms with van der Waals surface area (Å²) in [5.74, 6) is 0.268. The zero-order valence-corrected chi connectivity index (χ0v) is 18.7. The second kappa shape index (κ2) is 8.81. The first kappa shape index (κ1) is 20.9. The second-order valence-electron chi connectivity index (χ2n) is 7.13. The number of rotatable bonds is 5. The minimum absolute atomic E-state index is 0.0733. The van der Waals surface area contributed by atoms with E-state index in [0.29, 0.717) is 11.5 Å². The number of amides is 1. The molecule has 156 valence electrons. The van der Waals surface area contributed by atoms with Crippen molar-refractivity contribution in [2.24, 2.45) is 7.05 Å². The summed E-state index contributed by atoms with van der Waals surface area (Å²) in [6, 6.07) is 17.6. The Morgan fingerprint density at radius 3 is 2.39 bits per heavy atom. The largest absolute Gasteiger partial charge is 0.299 e. The number of anilines is 1. The summed E-state index contributed by atoms with van der Waals surface area (Å²) in [7, 11) is 3.55. The molecule has 5 nitrogen and oxygen atoms in total. The highest BCUT2D eigenvalue weighted by Crippen LogP contribution is 2.39. The van der Waals surface area contributed by atoms with Gasteiger partial charge in [-0.1, -0.05) is 34.1 Å². The number of carbonyl (C=O) groups excluding carboxylic acids is 1. The molecule has 0 fully saturated rings. The molecule has 0 aliphatic rings. The van der Waals surface area contributed by atoms with Crippen LogP contribution in [0, 0.1) is 5.82 Å². The third-order valence-electron chi connectivity index (χ3n) is 5.09. The molecular weight excluding hydrogens is 459 g/mol. The van der Waals surface area contributed by atoms with Crippen LogP contribution in [0.15, 0.2) is 77.5 Å². The number of pyridine rings is 1. The Hall–Kier alpha value is -3.32. The molecule has 0 aliphatic carbocycles. The van der Waals surface area contributed by atoms with Crippen LogP contribution in [-0.4, -0.2) is 27.7 Å². The summed E-state index contributed by atoms with van der Waals surface area (Å²) < 4.78 is 16.1. The monoisotopic (exact) mass is 478 g/mol. The van der Waals surface area contributed by atoms with Crippen molar-refractivity contribution in [1.29, 1.82) is 0 Å². The van der Waals surface area contributed by atoms with Crippen molar-refractivity contribution < 1.29 is 9.18 Å². The van der Waals surface area contributed by atoms with Crippen LogP contribution < -0.4 is 4.90 Å². The fraction of sp³-hybridized carbons (Fsp3) is 0.125. The van der Waals surface area contributed by atoms with E-state index in [-0.39, 0.29) is 18.1 Å². The zero-order valence-electron chi connectivity index (χ0n) is 17.1. The zero-order chi connectivity index (χ0) is 22.0. The molecule has 0 saturated heterocycles. The van der Waals surface area contributed by atoms with E-state index in [4.69, 9.17) is 0 Å². The number of aryl methyl sites for hydroxylation is 1. The van der Waals surface area contributed by atoms with Gasteiger partial charge in [0.25, 0.3) is 0 Å². The van der Waals surface area contributed by atoms with Crippen LogP contribution in [0.5, 0.6) is 0 Å². The van der Waals surface area contributed by atoms with Crippen LogP contribution in [0.4, 0.5) is 10.2 Å². The lowest BCUT2D eigenvalue weighted by molar-refractivity contribution is -0.117. The Bertz CT molecular complexity index is 1220. The molecule has 2 heterocycles. The van der Waals surface area contributed by atoms with Crippen molar-refractivity contribution in [3.05, 3.63) is 88.9 Å². The molecule has 0 N–H and O–H groups in total. The van der Waals surface area contributed by atoms with Gasteiger partial charge in [0.05, 0.1) is 12.0 Å². The third-order valence-corrected chi connectivity index (χ3v) is 5.87. The van der Waals surface area contributed by atoms with Crippen LogP contribution in [-0.2, 0) is 18.3 Å². The van der Waals surface area contributed by atoms with E-state index >= 15 is 0 Å². The first-order valence-corrected chi connectivity index (χ1v) is 10.5. The van der Waals surface area contributed by atoms with Gasteiger partial charge in [-0.2, -0.15) is 5.10 Å². The first-order valence-electron chi connectivity index (χ1n) is 9.69. The standard InChI is InChI=1S/C24H20BrFN4O/c1-29(21(31)15-18-5-3-4-6-20(18)25)24-22(16-11-13-27-14-12-16)23(28-30(24)2)17-7-9-19(26)10-8-17/h3-14H,15H2,1-2H3. The number of hydrogen-bond donors (Lipinski definition) is 0. The Balaban J connectivity index is 1.81. The molecule has 0 unspecified atom stereocenters. The number of likely N-dealkylation sites (N-methyl/N-ethyl adjacent to an activating group) is 1. The number of hydrogen-bond acceptors (Lipinski definition) is 3. The molecule has 2 aromatic heterocycles. The van der Waals surface area contributed by atoms with Gasteiger partial charge in [0.1, 0.15) is 17.3 Å². The number of aromatic nitrogens is 3. The van der Waals surface area contributed by atoms with Gasteiger partial charge in [-0.3, -0.25) is 19.4 Å². The summed E-state index contributed by atoms with van der Waals surface area (Å²) in [6.07, 6.45) is 3.64. The predicted molar refractivity (Wildman–Crippen MR) is 123 cm³/mol. The van der Waals surface area contributed by atoms with Gasteiger partial charge in [0.15, 0.2) is 0 Å². The predicted octanol–water partition coefficient (Wildman–Crippen LogP) is 5.26. The van der Waals surface area contributed by atoms with Gasteiger partial charge in [-0.15, -0.1) is 0 Å². The molecule has 7 heteroatoms. The van der Waals surface area contributed by atoms with E-state index in [1.807, 2.05) is 36.4 Å². The minimum Gasteiger partial charge on any atom is -0.299 e. The van der Waals surface area contributed by atoms with Crippen LogP contribution in [0.2, 0.25) is 0 Å². The van der Waals surface area contributed by atoms with E-state index in [1.54, 1.807) is 48.2 Å². The Labute approximate surface area is 188 Å². The second-order valence-corrected chi connectivity index (χ2v) is 7.99. The highest BCUT2D eigenvalue weighted by Gasteiger charge is 2.25. The van der Waals surface area contributed by atoms with Gasteiger partial charge in [-0.25, -0.2) is 4.39 Å². The molecule has 1 amide bonds. The molecule has 0 saturated carbocycles.